The van der Waals surface area contributed by atoms with Gasteiger partial charge in [-0.25, -0.2) is 0 Å². The van der Waals surface area contributed by atoms with Crippen LogP contribution >= 0.6 is 24.0 Å². The first kappa shape index (κ1) is 20.0. The standard InChI is InChI=1S/C17H28N4O.HI/c1-18-17(19-9-6-12-21-10-3-4-11-21)20-14-15-7-5-8-16(13-15)22-2;/h5,7-8,13H,3-4,6,9-12,14H2,1-2H3,(H2,18,19,20);1H. The lowest BCUT2D eigenvalue weighted by atomic mass is 10.2. The number of guanidine groups is 1. The number of nitrogens with one attached hydrogen (secondary N) is 2. The van der Waals surface area contributed by atoms with Crippen molar-refractivity contribution in [3.63, 3.8) is 0 Å². The van der Waals surface area contributed by atoms with Crippen molar-refractivity contribution in [3.05, 3.63) is 29.8 Å². The number of ether oxygens (including phenoxy) is 1. The van der Waals surface area contributed by atoms with Crippen molar-refractivity contribution < 1.29 is 4.74 Å². The number of aliphatic imine (C=N–C) groups is 1. The molecule has 2 N–H and O–H groups in total. The Morgan fingerprint density at radius 2 is 2.04 bits per heavy atom. The SMILES string of the molecule is CN=C(NCCCN1CCCC1)NCc1cccc(OC)c1.I. The lowest BCUT2D eigenvalue weighted by Gasteiger charge is -2.16. The minimum Gasteiger partial charge on any atom is -0.497 e. The maximum atomic E-state index is 5.24. The van der Waals surface area contributed by atoms with E-state index in [9.17, 15) is 0 Å². The van der Waals surface area contributed by atoms with Gasteiger partial charge >= 0.3 is 0 Å². The van der Waals surface area contributed by atoms with E-state index in [4.69, 9.17) is 4.74 Å². The van der Waals surface area contributed by atoms with E-state index >= 15 is 0 Å². The van der Waals surface area contributed by atoms with Gasteiger partial charge in [-0.05, 0) is 56.6 Å². The van der Waals surface area contributed by atoms with Crippen LogP contribution in [0.5, 0.6) is 5.75 Å². The third-order valence-electron chi connectivity index (χ3n) is 3.96. The molecule has 5 nitrogen and oxygen atoms in total. The predicted octanol–water partition coefficient (Wildman–Crippen LogP) is 2.46. The van der Waals surface area contributed by atoms with E-state index in [-0.39, 0.29) is 24.0 Å². The van der Waals surface area contributed by atoms with Crippen molar-refractivity contribution in [2.75, 3.05) is 40.3 Å². The Morgan fingerprint density at radius 1 is 1.26 bits per heavy atom. The van der Waals surface area contributed by atoms with Crippen molar-refractivity contribution >= 4 is 29.9 Å². The van der Waals surface area contributed by atoms with Gasteiger partial charge in [-0.15, -0.1) is 24.0 Å². The Hall–Kier alpha value is -1.02. The van der Waals surface area contributed by atoms with Crippen molar-refractivity contribution in [2.24, 2.45) is 4.99 Å². The van der Waals surface area contributed by atoms with Gasteiger partial charge in [-0.3, -0.25) is 4.99 Å². The third kappa shape index (κ3) is 7.39. The highest BCUT2D eigenvalue weighted by atomic mass is 127. The minimum absolute atomic E-state index is 0. The Bertz CT molecular complexity index is 475. The third-order valence-corrected chi connectivity index (χ3v) is 3.96. The van der Waals surface area contributed by atoms with Gasteiger partial charge < -0.3 is 20.3 Å². The van der Waals surface area contributed by atoms with Gasteiger partial charge in [0, 0.05) is 20.1 Å². The molecule has 1 saturated heterocycles. The van der Waals surface area contributed by atoms with Gasteiger partial charge in [0.15, 0.2) is 5.96 Å². The molecule has 0 atom stereocenters. The van der Waals surface area contributed by atoms with E-state index in [1.165, 1.54) is 38.0 Å². The fraction of sp³-hybridized carbons (Fsp3) is 0.588. The fourth-order valence-corrected chi connectivity index (χ4v) is 2.70. The molecule has 1 aliphatic heterocycles. The van der Waals surface area contributed by atoms with Crippen LogP contribution in [0.3, 0.4) is 0 Å². The first-order valence-corrected chi connectivity index (χ1v) is 8.11. The van der Waals surface area contributed by atoms with Crippen LogP contribution in [0.2, 0.25) is 0 Å². The van der Waals surface area contributed by atoms with E-state index in [1.54, 1.807) is 14.2 Å². The molecule has 1 aliphatic rings. The minimum atomic E-state index is 0. The number of rotatable bonds is 7. The summed E-state index contributed by atoms with van der Waals surface area (Å²) in [6, 6.07) is 8.07. The van der Waals surface area contributed by atoms with Gasteiger partial charge in [-0.2, -0.15) is 0 Å². The molecule has 1 fully saturated rings. The van der Waals surface area contributed by atoms with Gasteiger partial charge in [0.2, 0.25) is 0 Å². The van der Waals surface area contributed by atoms with Crippen molar-refractivity contribution in [2.45, 2.75) is 25.8 Å². The van der Waals surface area contributed by atoms with Crippen LogP contribution in [0.1, 0.15) is 24.8 Å². The molecule has 0 spiro atoms. The molecule has 0 aromatic heterocycles. The topological polar surface area (TPSA) is 48.9 Å². The summed E-state index contributed by atoms with van der Waals surface area (Å²) in [5, 5.41) is 6.71. The molecule has 0 saturated carbocycles. The summed E-state index contributed by atoms with van der Waals surface area (Å²) in [6.07, 6.45) is 3.87. The molecule has 1 aromatic rings. The van der Waals surface area contributed by atoms with Crippen molar-refractivity contribution in [1.29, 1.82) is 0 Å². The number of nitrogens with zero attached hydrogens (tertiary/aromatic N) is 2. The maximum absolute atomic E-state index is 5.24. The molecule has 0 radical (unpaired) electrons. The van der Waals surface area contributed by atoms with Gasteiger partial charge in [-0.1, -0.05) is 12.1 Å². The lowest BCUT2D eigenvalue weighted by Crippen LogP contribution is -2.38. The molecule has 2 rings (SSSR count). The number of halogens is 1. The van der Waals surface area contributed by atoms with Gasteiger partial charge in [0.1, 0.15) is 5.75 Å². The Morgan fingerprint density at radius 3 is 2.74 bits per heavy atom. The van der Waals surface area contributed by atoms with Crippen molar-refractivity contribution in [1.82, 2.24) is 15.5 Å². The summed E-state index contributed by atoms with van der Waals surface area (Å²) >= 11 is 0. The molecule has 6 heteroatoms. The highest BCUT2D eigenvalue weighted by Crippen LogP contribution is 2.12. The average molecular weight is 432 g/mol. The number of benzene rings is 1. The van der Waals surface area contributed by atoms with E-state index in [2.05, 4.69) is 26.6 Å². The van der Waals surface area contributed by atoms with Gasteiger partial charge in [0.05, 0.1) is 7.11 Å². The largest absolute Gasteiger partial charge is 0.497 e. The van der Waals surface area contributed by atoms with Crippen LogP contribution < -0.4 is 15.4 Å². The number of hydrogen-bond acceptors (Lipinski definition) is 3. The Kier molecular flexibility index (Phi) is 10.0. The number of methoxy groups -OCH3 is 1. The summed E-state index contributed by atoms with van der Waals surface area (Å²) < 4.78 is 5.24. The fourth-order valence-electron chi connectivity index (χ4n) is 2.70. The molecule has 23 heavy (non-hydrogen) atoms. The second kappa shape index (κ2) is 11.5. The average Bonchev–Trinajstić information content (AvgIpc) is 3.08. The van der Waals surface area contributed by atoms with Crippen LogP contribution in [0.15, 0.2) is 29.3 Å². The Labute approximate surface area is 156 Å². The molecule has 0 unspecified atom stereocenters. The lowest BCUT2D eigenvalue weighted by molar-refractivity contribution is 0.334. The van der Waals surface area contributed by atoms with E-state index < -0.39 is 0 Å². The summed E-state index contributed by atoms with van der Waals surface area (Å²) in [6.45, 7) is 5.41. The maximum Gasteiger partial charge on any atom is 0.191 e. The molecule has 1 heterocycles. The molecule has 1 aromatic carbocycles. The monoisotopic (exact) mass is 432 g/mol. The van der Waals surface area contributed by atoms with E-state index in [1.807, 2.05) is 18.2 Å². The summed E-state index contributed by atoms with van der Waals surface area (Å²) in [7, 11) is 3.49. The predicted molar refractivity (Wildman–Crippen MR) is 107 cm³/mol. The van der Waals surface area contributed by atoms with Crippen LogP contribution in [0.25, 0.3) is 0 Å². The molecule has 130 valence electrons. The van der Waals surface area contributed by atoms with Crippen LogP contribution in [0, 0.1) is 0 Å². The summed E-state index contributed by atoms with van der Waals surface area (Å²) in [5.74, 6) is 1.73. The van der Waals surface area contributed by atoms with Crippen LogP contribution in [0.4, 0.5) is 0 Å². The zero-order valence-electron chi connectivity index (χ0n) is 14.2. The first-order chi connectivity index (χ1) is 10.8. The molecule has 0 bridgehead atoms. The molecule has 0 amide bonds. The first-order valence-electron chi connectivity index (χ1n) is 8.11. The highest BCUT2D eigenvalue weighted by molar-refractivity contribution is 14.0. The van der Waals surface area contributed by atoms with E-state index in [0.29, 0.717) is 0 Å². The summed E-state index contributed by atoms with van der Waals surface area (Å²) in [4.78, 5) is 6.80. The zero-order valence-corrected chi connectivity index (χ0v) is 16.5. The highest BCUT2D eigenvalue weighted by Gasteiger charge is 2.10. The zero-order chi connectivity index (χ0) is 15.6. The number of hydrogen-bond donors (Lipinski definition) is 2. The molecular weight excluding hydrogens is 403 g/mol. The molecule has 0 aliphatic carbocycles. The molecular formula is C17H29IN4O. The quantitative estimate of drug-likeness (QED) is 0.301. The smallest absolute Gasteiger partial charge is 0.191 e. The second-order valence-electron chi connectivity index (χ2n) is 5.61. The normalized spacial score (nSPS) is 15.1. The van der Waals surface area contributed by atoms with E-state index in [0.717, 1.165) is 31.2 Å². The van der Waals surface area contributed by atoms with Crippen LogP contribution in [-0.4, -0.2) is 51.2 Å². The van der Waals surface area contributed by atoms with Gasteiger partial charge in [0.25, 0.3) is 0 Å². The van der Waals surface area contributed by atoms with Crippen molar-refractivity contribution in [3.8, 4) is 5.75 Å². The Balaban J connectivity index is 0.00000264. The van der Waals surface area contributed by atoms with Crippen LogP contribution in [-0.2, 0) is 6.54 Å². The number of likely N-dealkylation sites (tertiary alicyclic amines) is 1. The summed E-state index contributed by atoms with van der Waals surface area (Å²) in [5.41, 5.74) is 1.18. The second-order valence-corrected chi connectivity index (χ2v) is 5.61.